The van der Waals surface area contributed by atoms with Crippen molar-refractivity contribution >= 4 is 11.6 Å². The number of benzene rings is 1. The molecule has 0 radical (unpaired) electrons. The van der Waals surface area contributed by atoms with Crippen molar-refractivity contribution in [3.63, 3.8) is 0 Å². The molecule has 1 aromatic rings. The largest absolute Gasteiger partial charge is 0.316 e. The van der Waals surface area contributed by atoms with Crippen LogP contribution in [0.3, 0.4) is 0 Å². The van der Waals surface area contributed by atoms with Crippen LogP contribution in [-0.4, -0.2) is 19.3 Å². The summed E-state index contributed by atoms with van der Waals surface area (Å²) in [4.78, 5) is 0. The Labute approximate surface area is 105 Å². The van der Waals surface area contributed by atoms with Crippen LogP contribution in [-0.2, 0) is 6.42 Å². The molecule has 0 amide bonds. The lowest BCUT2D eigenvalue weighted by Gasteiger charge is -2.26. The molecular weight excluding hydrogens is 244 g/mol. The Kier molecular flexibility index (Phi) is 4.35. The Bertz CT molecular complexity index is 378. The SMILES string of the molecule is Fc1ccc(Cl)cc1CC(F)C1CCCNC1. The van der Waals surface area contributed by atoms with Crippen LogP contribution in [0.4, 0.5) is 8.78 Å². The second-order valence-corrected chi connectivity index (χ2v) is 5.00. The van der Waals surface area contributed by atoms with Gasteiger partial charge in [0.05, 0.1) is 0 Å². The zero-order valence-electron chi connectivity index (χ0n) is 9.56. The molecule has 1 nitrogen and oxygen atoms in total. The molecule has 1 aromatic carbocycles. The normalized spacial score (nSPS) is 22.4. The fourth-order valence-electron chi connectivity index (χ4n) is 2.26. The predicted octanol–water partition coefficient (Wildman–Crippen LogP) is 3.36. The van der Waals surface area contributed by atoms with Crippen molar-refractivity contribution in [2.45, 2.75) is 25.4 Å². The van der Waals surface area contributed by atoms with Gasteiger partial charge in [-0.15, -0.1) is 0 Å². The summed E-state index contributed by atoms with van der Waals surface area (Å²) in [6.45, 7) is 1.64. The molecule has 2 atom stereocenters. The van der Waals surface area contributed by atoms with Crippen LogP contribution in [0.25, 0.3) is 0 Å². The standard InChI is InChI=1S/C13H16ClF2N/c14-11-3-4-12(15)10(6-11)7-13(16)9-2-1-5-17-8-9/h3-4,6,9,13,17H,1-2,5,7-8H2. The van der Waals surface area contributed by atoms with E-state index in [-0.39, 0.29) is 18.2 Å². The van der Waals surface area contributed by atoms with Crippen LogP contribution in [0.2, 0.25) is 5.02 Å². The minimum Gasteiger partial charge on any atom is -0.316 e. The lowest BCUT2D eigenvalue weighted by molar-refractivity contribution is 0.190. The van der Waals surface area contributed by atoms with Crippen LogP contribution in [0, 0.1) is 11.7 Å². The molecule has 0 spiro atoms. The van der Waals surface area contributed by atoms with E-state index in [0.29, 0.717) is 17.1 Å². The maximum Gasteiger partial charge on any atom is 0.126 e. The average molecular weight is 260 g/mol. The highest BCUT2D eigenvalue weighted by atomic mass is 35.5. The summed E-state index contributed by atoms with van der Waals surface area (Å²) in [6, 6.07) is 4.29. The highest BCUT2D eigenvalue weighted by Crippen LogP contribution is 2.23. The quantitative estimate of drug-likeness (QED) is 0.878. The monoisotopic (exact) mass is 259 g/mol. The third kappa shape index (κ3) is 3.39. The van der Waals surface area contributed by atoms with E-state index < -0.39 is 6.17 Å². The number of hydrogen-bond acceptors (Lipinski definition) is 1. The summed E-state index contributed by atoms with van der Waals surface area (Å²) in [7, 11) is 0. The van der Waals surface area contributed by atoms with Crippen LogP contribution < -0.4 is 5.32 Å². The van der Waals surface area contributed by atoms with Crippen molar-refractivity contribution in [2.24, 2.45) is 5.92 Å². The fourth-order valence-corrected chi connectivity index (χ4v) is 2.46. The Hall–Kier alpha value is -0.670. The van der Waals surface area contributed by atoms with Crippen molar-refractivity contribution in [1.82, 2.24) is 5.32 Å². The molecule has 0 aromatic heterocycles. The highest BCUT2D eigenvalue weighted by Gasteiger charge is 2.24. The second-order valence-electron chi connectivity index (χ2n) is 4.56. The Balaban J connectivity index is 2.01. The van der Waals surface area contributed by atoms with Crippen molar-refractivity contribution < 1.29 is 8.78 Å². The zero-order chi connectivity index (χ0) is 12.3. The van der Waals surface area contributed by atoms with Crippen molar-refractivity contribution in [2.75, 3.05) is 13.1 Å². The Morgan fingerprint density at radius 2 is 2.29 bits per heavy atom. The molecule has 1 aliphatic heterocycles. The second kappa shape index (κ2) is 5.78. The predicted molar refractivity (Wildman–Crippen MR) is 65.6 cm³/mol. The molecule has 0 saturated carbocycles. The molecule has 1 N–H and O–H groups in total. The molecule has 1 heterocycles. The van der Waals surface area contributed by atoms with Gasteiger partial charge in [0.2, 0.25) is 0 Å². The molecule has 94 valence electrons. The van der Waals surface area contributed by atoms with Gasteiger partial charge in [-0.2, -0.15) is 0 Å². The van der Waals surface area contributed by atoms with Gasteiger partial charge < -0.3 is 5.32 Å². The van der Waals surface area contributed by atoms with Gasteiger partial charge in [0.1, 0.15) is 12.0 Å². The smallest absolute Gasteiger partial charge is 0.126 e. The molecule has 0 bridgehead atoms. The van der Waals surface area contributed by atoms with E-state index in [1.807, 2.05) is 0 Å². The van der Waals surface area contributed by atoms with Crippen molar-refractivity contribution in [3.05, 3.63) is 34.6 Å². The van der Waals surface area contributed by atoms with E-state index >= 15 is 0 Å². The first-order valence-corrected chi connectivity index (χ1v) is 6.33. The Morgan fingerprint density at radius 1 is 1.47 bits per heavy atom. The number of halogens is 3. The topological polar surface area (TPSA) is 12.0 Å². The first-order chi connectivity index (χ1) is 8.16. The molecule has 0 aliphatic carbocycles. The first-order valence-electron chi connectivity index (χ1n) is 5.95. The van der Waals surface area contributed by atoms with Crippen LogP contribution >= 0.6 is 11.6 Å². The molecule has 1 aliphatic rings. The molecular formula is C13H16ClF2N. The minimum absolute atomic E-state index is 0.0119. The maximum atomic E-state index is 14.0. The summed E-state index contributed by atoms with van der Waals surface area (Å²) in [5, 5.41) is 3.62. The third-order valence-electron chi connectivity index (χ3n) is 3.27. The van der Waals surface area contributed by atoms with E-state index in [1.165, 1.54) is 18.2 Å². The number of rotatable bonds is 3. The van der Waals surface area contributed by atoms with Gasteiger partial charge in [-0.25, -0.2) is 8.78 Å². The summed E-state index contributed by atoms with van der Waals surface area (Å²) >= 11 is 5.78. The van der Waals surface area contributed by atoms with E-state index in [9.17, 15) is 8.78 Å². The fraction of sp³-hybridized carbons (Fsp3) is 0.538. The summed E-state index contributed by atoms with van der Waals surface area (Å²) in [5.41, 5.74) is 0.371. The highest BCUT2D eigenvalue weighted by molar-refractivity contribution is 6.30. The average Bonchev–Trinajstić information content (AvgIpc) is 2.35. The number of piperidine rings is 1. The van der Waals surface area contributed by atoms with Gasteiger partial charge in [-0.05, 0) is 43.1 Å². The lowest BCUT2D eigenvalue weighted by atomic mass is 9.91. The molecule has 4 heteroatoms. The number of nitrogens with one attached hydrogen (secondary N) is 1. The van der Waals surface area contributed by atoms with Gasteiger partial charge in [0, 0.05) is 23.9 Å². The van der Waals surface area contributed by atoms with Gasteiger partial charge in [0.25, 0.3) is 0 Å². The van der Waals surface area contributed by atoms with Crippen molar-refractivity contribution in [1.29, 1.82) is 0 Å². The van der Waals surface area contributed by atoms with Gasteiger partial charge >= 0.3 is 0 Å². The molecule has 2 rings (SSSR count). The first kappa shape index (κ1) is 12.8. The summed E-state index contributed by atoms with van der Waals surface area (Å²) < 4.78 is 27.5. The van der Waals surface area contributed by atoms with Gasteiger partial charge in [0.15, 0.2) is 0 Å². The van der Waals surface area contributed by atoms with E-state index in [1.54, 1.807) is 0 Å². The van der Waals surface area contributed by atoms with Crippen LogP contribution in [0.1, 0.15) is 18.4 Å². The van der Waals surface area contributed by atoms with E-state index in [4.69, 9.17) is 11.6 Å². The van der Waals surface area contributed by atoms with E-state index in [0.717, 1.165) is 19.4 Å². The summed E-state index contributed by atoms with van der Waals surface area (Å²) in [5.74, 6) is -0.386. The molecule has 17 heavy (non-hydrogen) atoms. The van der Waals surface area contributed by atoms with Crippen LogP contribution in [0.5, 0.6) is 0 Å². The lowest BCUT2D eigenvalue weighted by Crippen LogP contribution is -2.35. The maximum absolute atomic E-state index is 14.0. The number of alkyl halides is 1. The molecule has 1 fully saturated rings. The van der Waals surface area contributed by atoms with Gasteiger partial charge in [-0.3, -0.25) is 0 Å². The van der Waals surface area contributed by atoms with Gasteiger partial charge in [-0.1, -0.05) is 11.6 Å². The minimum atomic E-state index is -1.00. The zero-order valence-corrected chi connectivity index (χ0v) is 10.3. The molecule has 1 saturated heterocycles. The van der Waals surface area contributed by atoms with Crippen LogP contribution in [0.15, 0.2) is 18.2 Å². The Morgan fingerprint density at radius 3 is 3.00 bits per heavy atom. The molecule has 2 unspecified atom stereocenters. The summed E-state index contributed by atoms with van der Waals surface area (Å²) in [6.07, 6.45) is 0.967. The van der Waals surface area contributed by atoms with E-state index in [2.05, 4.69) is 5.32 Å². The third-order valence-corrected chi connectivity index (χ3v) is 3.50. The number of hydrogen-bond donors (Lipinski definition) is 1. The van der Waals surface area contributed by atoms with Crippen molar-refractivity contribution in [3.8, 4) is 0 Å².